The van der Waals surface area contributed by atoms with Gasteiger partial charge in [-0.05, 0) is 109 Å². The van der Waals surface area contributed by atoms with Crippen LogP contribution >= 0.6 is 0 Å². The van der Waals surface area contributed by atoms with Gasteiger partial charge in [0.05, 0.1) is 14.2 Å². The molecule has 37 heteroatoms. The topological polar surface area (TPSA) is 231 Å². The summed E-state index contributed by atoms with van der Waals surface area (Å²) in [5.74, 6) is -14.9. The smallest absolute Gasteiger partial charge is 0.498 e. The Morgan fingerprint density at radius 2 is 0.696 bits per heavy atom. The van der Waals surface area contributed by atoms with Gasteiger partial charge in [-0.1, -0.05) is 52.0 Å². The summed E-state index contributed by atoms with van der Waals surface area (Å²) in [4.78, 5) is 0. The van der Waals surface area contributed by atoms with Crippen LogP contribution in [0.1, 0.15) is 63.5 Å². The standard InChI is InChI=1S/C15H15F9O7S3.C13H14F6O6S2.2C7H8IO/c1-3-9(2)10-4-6-11(7-5-10)31-34(29,30)14(20,21)12(16,17)13(18,19)32(25,26)8-33(27,28)15(22,23)24;1-3-8(2)9-4-6-10(7-5-9)25-27(23,24)13(18,19)11(14,15)12(16,17)26(20,21)22;2*1-9-7-4-2-6(8)3-5-7/h4-7,9H,3,8H2,1-2H3;4-8H,3H2,1-2H3,(H,20,21,22);2*2-5,8H,1H3/q;;2*+1/p-1. The highest BCUT2D eigenvalue weighted by Gasteiger charge is 2.84. The van der Waals surface area contributed by atoms with Crippen molar-refractivity contribution < 1.29 is 176 Å². The van der Waals surface area contributed by atoms with Gasteiger partial charge in [0.1, 0.15) is 23.0 Å². The first-order chi connectivity index (χ1) is 35.5. The summed E-state index contributed by atoms with van der Waals surface area (Å²) < 4.78 is 342. The van der Waals surface area contributed by atoms with Crippen molar-refractivity contribution >= 4 is 50.0 Å². The van der Waals surface area contributed by atoms with Crippen LogP contribution in [-0.2, 0) is 50.0 Å². The third-order valence-corrected chi connectivity index (χ3v) is 19.4. The highest BCUT2D eigenvalue weighted by molar-refractivity contribution is 8.09. The average Bonchev–Trinajstić information content (AvgIpc) is 3.33. The summed E-state index contributed by atoms with van der Waals surface area (Å²) in [6.07, 6.45) is 1.22. The van der Waals surface area contributed by atoms with Crippen molar-refractivity contribution in [2.24, 2.45) is 0 Å². The van der Waals surface area contributed by atoms with Crippen LogP contribution in [-0.4, -0.2) is 104 Å². The zero-order chi connectivity index (χ0) is 62.0. The van der Waals surface area contributed by atoms with Gasteiger partial charge in [0.2, 0.25) is 9.84 Å². The van der Waals surface area contributed by atoms with Gasteiger partial charge in [-0.15, -0.1) is 0 Å². The number of methoxy groups -OCH3 is 2. The number of benzene rings is 4. The maximum absolute atomic E-state index is 14.0. The molecule has 0 amide bonds. The second kappa shape index (κ2) is 27.1. The lowest BCUT2D eigenvalue weighted by atomic mass is 9.99. The zero-order valence-electron chi connectivity index (χ0n) is 40.7. The van der Waals surface area contributed by atoms with Crippen molar-refractivity contribution in [2.75, 3.05) is 19.3 Å². The van der Waals surface area contributed by atoms with Gasteiger partial charge in [0.25, 0.3) is 55.0 Å². The number of rotatable bonds is 20. The Morgan fingerprint density at radius 3 is 0.937 bits per heavy atom. The quantitative estimate of drug-likeness (QED) is 0.0533. The van der Waals surface area contributed by atoms with E-state index < -0.39 is 105 Å². The van der Waals surface area contributed by atoms with Crippen LogP contribution in [0.5, 0.6) is 23.0 Å². The fraction of sp³-hybridized carbons (Fsp3) is 0.429. The molecule has 0 bridgehead atoms. The number of hydrogen-bond acceptors (Lipinski definition) is 15. The fourth-order valence-electron chi connectivity index (χ4n) is 5.03. The van der Waals surface area contributed by atoms with E-state index in [9.17, 15) is 112 Å². The Labute approximate surface area is 470 Å². The summed E-state index contributed by atoms with van der Waals surface area (Å²) in [5.41, 5.74) is -5.42. The highest BCUT2D eigenvalue weighted by atomic mass is 127. The van der Waals surface area contributed by atoms with Gasteiger partial charge in [-0.25, -0.2) is 25.3 Å². The molecular formula is C42H44F15I2O15S5+. The minimum atomic E-state index is -7.58. The molecule has 450 valence electrons. The molecule has 4 aromatic rings. The Morgan fingerprint density at radius 1 is 0.430 bits per heavy atom. The van der Waals surface area contributed by atoms with Crippen molar-refractivity contribution in [2.45, 2.75) is 90.7 Å². The van der Waals surface area contributed by atoms with Crippen LogP contribution in [0, 0.1) is 7.14 Å². The van der Waals surface area contributed by atoms with E-state index in [1.807, 2.05) is 101 Å². The van der Waals surface area contributed by atoms with E-state index in [-0.39, 0.29) is 11.8 Å². The van der Waals surface area contributed by atoms with Crippen molar-refractivity contribution in [3.8, 4) is 23.0 Å². The van der Waals surface area contributed by atoms with Crippen LogP contribution in [0.15, 0.2) is 97.1 Å². The summed E-state index contributed by atoms with van der Waals surface area (Å²) in [7, 11) is -32.6. The summed E-state index contributed by atoms with van der Waals surface area (Å²) in [5, 5.41) is -31.8. The summed E-state index contributed by atoms with van der Waals surface area (Å²) in [6, 6.07) is 23.7. The Balaban J connectivity index is 0.000000605. The Kier molecular flexibility index (Phi) is 25.1. The van der Waals surface area contributed by atoms with Gasteiger partial charge >= 0.3 is 58.6 Å². The summed E-state index contributed by atoms with van der Waals surface area (Å²) in [6.45, 7) is 7.03. The molecule has 4 aromatic carbocycles. The number of sulfone groups is 2. The molecule has 15 nitrogen and oxygen atoms in total. The fourth-order valence-corrected chi connectivity index (χ4v) is 11.5. The Bertz CT molecular complexity index is 3170. The molecule has 0 N–H and O–H groups in total. The molecule has 2 unspecified atom stereocenters. The van der Waals surface area contributed by atoms with Crippen LogP contribution in [0.2, 0.25) is 0 Å². The van der Waals surface area contributed by atoms with Crippen LogP contribution in [0.4, 0.5) is 65.9 Å². The highest BCUT2D eigenvalue weighted by Crippen LogP contribution is 2.53. The maximum atomic E-state index is 14.0. The molecule has 4 rings (SSSR count). The molecule has 79 heavy (non-hydrogen) atoms. The largest absolute Gasteiger partial charge is 0.743 e. The van der Waals surface area contributed by atoms with E-state index in [2.05, 4.69) is 8.37 Å². The van der Waals surface area contributed by atoms with Crippen molar-refractivity contribution in [3.05, 3.63) is 115 Å². The number of hydrogen-bond donors (Lipinski definition) is 0. The number of halogens is 17. The van der Waals surface area contributed by atoms with Crippen LogP contribution in [0.25, 0.3) is 0 Å². The SMILES string of the molecule is CCC(C)c1ccc(OS(=O)(=O)C(F)(F)C(F)(F)C(F)(F)S(=O)(=O)CS(=O)(=O)C(F)(F)F)cc1.CCC(C)c1ccc(OS(=O)(=O)C(F)(F)C(F)(F)C(F)(F)S(=O)(=O)[O-])cc1.COc1ccc([IH+])cc1.COc1ccc([IH+])cc1. The number of alkyl halides is 15. The van der Waals surface area contributed by atoms with E-state index in [0.29, 0.717) is 36.1 Å². The van der Waals surface area contributed by atoms with Gasteiger partial charge < -0.3 is 22.4 Å². The van der Waals surface area contributed by atoms with Crippen LogP contribution in [0.3, 0.4) is 0 Å². The molecule has 0 aliphatic heterocycles. The van der Waals surface area contributed by atoms with Gasteiger partial charge in [0.15, 0.2) is 22.3 Å². The summed E-state index contributed by atoms with van der Waals surface area (Å²) >= 11 is 3.98. The predicted molar refractivity (Wildman–Crippen MR) is 244 cm³/mol. The van der Waals surface area contributed by atoms with Gasteiger partial charge in [0, 0.05) is 0 Å². The molecule has 0 spiro atoms. The van der Waals surface area contributed by atoms with Gasteiger partial charge in [-0.2, -0.15) is 82.7 Å². The molecule has 0 radical (unpaired) electrons. The second-order valence-electron chi connectivity index (χ2n) is 15.6. The maximum Gasteiger partial charge on any atom is 0.498 e. The van der Waals surface area contributed by atoms with E-state index in [4.69, 9.17) is 9.47 Å². The van der Waals surface area contributed by atoms with E-state index in [0.717, 1.165) is 35.8 Å². The number of ether oxygens (including phenoxy) is 2. The van der Waals surface area contributed by atoms with Crippen molar-refractivity contribution in [1.29, 1.82) is 0 Å². The van der Waals surface area contributed by atoms with Gasteiger partial charge in [-0.3, -0.25) is 0 Å². The zero-order valence-corrected chi connectivity index (χ0v) is 49.4. The molecule has 0 saturated carbocycles. The normalized spacial score (nSPS) is 14.1. The molecule has 0 saturated heterocycles. The minimum absolute atomic E-state index is 0.0256. The lowest BCUT2D eigenvalue weighted by Gasteiger charge is -2.32. The van der Waals surface area contributed by atoms with E-state index in [1.54, 1.807) is 35.0 Å². The third kappa shape index (κ3) is 17.4. The molecule has 2 atom stereocenters. The van der Waals surface area contributed by atoms with Crippen LogP contribution < -0.4 is 63.0 Å². The van der Waals surface area contributed by atoms with Crippen molar-refractivity contribution in [3.63, 3.8) is 0 Å². The molecule has 0 aliphatic carbocycles. The minimum Gasteiger partial charge on any atom is -0.743 e. The first-order valence-corrected chi connectivity index (χ1v) is 30.7. The monoisotopic (exact) mass is 1490 g/mol. The predicted octanol–water partition coefficient (Wildman–Crippen LogP) is 3.61. The lowest BCUT2D eigenvalue weighted by molar-refractivity contribution is -0.328. The molecule has 0 heterocycles. The van der Waals surface area contributed by atoms with Crippen molar-refractivity contribution in [1.82, 2.24) is 0 Å². The first kappa shape index (κ1) is 73.2. The third-order valence-electron chi connectivity index (χ3n) is 10.1. The molecule has 0 aliphatic rings. The second-order valence-corrected chi connectivity index (χ2v) is 27.3. The Hall–Kier alpha value is -3.80. The molecule has 0 aromatic heterocycles. The molecule has 0 fully saturated rings. The van der Waals surface area contributed by atoms with E-state index in [1.165, 1.54) is 19.3 Å². The molecular weight excluding hydrogens is 1440 g/mol. The average molecular weight is 1490 g/mol. The lowest BCUT2D eigenvalue weighted by Crippen LogP contribution is -3.34. The van der Waals surface area contributed by atoms with E-state index >= 15 is 0 Å². The first-order valence-electron chi connectivity index (χ1n) is 20.9.